The Hall–Kier alpha value is -1.98. The molecule has 0 saturated carbocycles. The molecule has 4 nitrogen and oxygen atoms in total. The number of aldehydes is 1. The summed E-state index contributed by atoms with van der Waals surface area (Å²) in [6.45, 7) is 0. The summed E-state index contributed by atoms with van der Waals surface area (Å²) >= 11 is 7.64. The van der Waals surface area contributed by atoms with Crippen molar-refractivity contribution < 1.29 is 4.79 Å². The number of thiophene rings is 1. The molecule has 2 heterocycles. The number of nitrogens with zero attached hydrogens (tertiary/aromatic N) is 3. The van der Waals surface area contributed by atoms with Crippen molar-refractivity contribution in [2.24, 2.45) is 0 Å². The number of rotatable bonds is 4. The van der Waals surface area contributed by atoms with Gasteiger partial charge in [0.2, 0.25) is 0 Å². The second-order valence-electron chi connectivity index (χ2n) is 4.19. The van der Waals surface area contributed by atoms with E-state index in [2.05, 4.69) is 10.3 Å². The van der Waals surface area contributed by atoms with Crippen LogP contribution in [0.4, 0.5) is 0 Å². The molecule has 0 amide bonds. The number of hydrogen-bond donors (Lipinski definition) is 0. The number of aromatic nitrogens is 3. The van der Waals surface area contributed by atoms with Crippen LogP contribution in [0.15, 0.2) is 41.8 Å². The van der Waals surface area contributed by atoms with Gasteiger partial charge in [0.05, 0.1) is 11.4 Å². The number of benzene rings is 1. The second-order valence-corrected chi connectivity index (χ2v) is 5.66. The molecule has 2 aromatic heterocycles. The zero-order chi connectivity index (χ0) is 13.9. The molecule has 3 aromatic rings. The fraction of sp³-hybridized carbons (Fsp3) is 0.0714. The lowest BCUT2D eigenvalue weighted by atomic mass is 10.2. The van der Waals surface area contributed by atoms with Gasteiger partial charge in [-0.3, -0.25) is 4.79 Å². The summed E-state index contributed by atoms with van der Waals surface area (Å²) in [7, 11) is 0. The van der Waals surface area contributed by atoms with Crippen LogP contribution in [0.5, 0.6) is 0 Å². The third-order valence-corrected chi connectivity index (χ3v) is 3.99. The van der Waals surface area contributed by atoms with Crippen molar-refractivity contribution in [1.29, 1.82) is 0 Å². The van der Waals surface area contributed by atoms with Gasteiger partial charge in [0.25, 0.3) is 0 Å². The van der Waals surface area contributed by atoms with Crippen LogP contribution in [0.25, 0.3) is 5.69 Å². The number of hydrogen-bond acceptors (Lipinski definition) is 4. The molecule has 3 rings (SSSR count). The van der Waals surface area contributed by atoms with Gasteiger partial charge in [-0.2, -0.15) is 0 Å². The minimum absolute atomic E-state index is 0.360. The number of carbonyl (C=O) groups is 1. The van der Waals surface area contributed by atoms with Crippen molar-refractivity contribution in [2.45, 2.75) is 6.42 Å². The van der Waals surface area contributed by atoms with Crippen LogP contribution >= 0.6 is 22.9 Å². The molecule has 0 aliphatic rings. The third kappa shape index (κ3) is 2.50. The molecule has 6 heteroatoms. The van der Waals surface area contributed by atoms with Crippen LogP contribution in [-0.2, 0) is 6.42 Å². The predicted molar refractivity (Wildman–Crippen MR) is 78.9 cm³/mol. The molecule has 0 spiro atoms. The molecule has 100 valence electrons. The van der Waals surface area contributed by atoms with E-state index in [0.29, 0.717) is 17.1 Å². The van der Waals surface area contributed by atoms with E-state index in [1.807, 2.05) is 29.6 Å². The summed E-state index contributed by atoms with van der Waals surface area (Å²) in [5, 5.41) is 10.6. The van der Waals surface area contributed by atoms with Crippen molar-refractivity contribution in [1.82, 2.24) is 15.0 Å². The smallest absolute Gasteiger partial charge is 0.172 e. The lowest BCUT2D eigenvalue weighted by Gasteiger charge is -2.06. The Balaban J connectivity index is 2.07. The first kappa shape index (κ1) is 13.0. The van der Waals surface area contributed by atoms with Gasteiger partial charge in [-0.25, -0.2) is 4.68 Å². The Labute approximate surface area is 124 Å². The van der Waals surface area contributed by atoms with Crippen LogP contribution in [0.2, 0.25) is 5.02 Å². The monoisotopic (exact) mass is 303 g/mol. The predicted octanol–water partition coefficient (Wildman–Crippen LogP) is 3.39. The van der Waals surface area contributed by atoms with Gasteiger partial charge in [-0.15, -0.1) is 16.4 Å². The maximum absolute atomic E-state index is 11.1. The molecule has 0 saturated heterocycles. The van der Waals surface area contributed by atoms with Gasteiger partial charge < -0.3 is 0 Å². The highest BCUT2D eigenvalue weighted by Gasteiger charge is 2.15. The van der Waals surface area contributed by atoms with E-state index in [4.69, 9.17) is 11.6 Å². The maximum atomic E-state index is 11.1. The van der Waals surface area contributed by atoms with Crippen molar-refractivity contribution in [3.05, 3.63) is 63.1 Å². The summed E-state index contributed by atoms with van der Waals surface area (Å²) in [6, 6.07) is 11.3. The SMILES string of the molecule is O=Cc1nnn(-c2cccc(Cl)c2)c1Cc1cccs1. The molecule has 0 fully saturated rings. The molecule has 0 unspecified atom stereocenters. The molecular formula is C14H10ClN3OS. The van der Waals surface area contributed by atoms with Gasteiger partial charge >= 0.3 is 0 Å². The zero-order valence-electron chi connectivity index (χ0n) is 10.4. The molecule has 0 atom stereocenters. The number of halogens is 1. The van der Waals surface area contributed by atoms with Crippen LogP contribution in [0.1, 0.15) is 21.1 Å². The van der Waals surface area contributed by atoms with Crippen molar-refractivity contribution in [3.63, 3.8) is 0 Å². The molecular weight excluding hydrogens is 294 g/mol. The van der Waals surface area contributed by atoms with Crippen molar-refractivity contribution in [3.8, 4) is 5.69 Å². The van der Waals surface area contributed by atoms with Crippen LogP contribution < -0.4 is 0 Å². The highest BCUT2D eigenvalue weighted by atomic mass is 35.5. The van der Waals surface area contributed by atoms with Gasteiger partial charge in [-0.05, 0) is 29.6 Å². The fourth-order valence-electron chi connectivity index (χ4n) is 1.96. The van der Waals surface area contributed by atoms with E-state index in [-0.39, 0.29) is 0 Å². The molecule has 0 aliphatic heterocycles. The summed E-state index contributed by atoms with van der Waals surface area (Å²) in [5.74, 6) is 0. The minimum Gasteiger partial charge on any atom is -0.296 e. The summed E-state index contributed by atoms with van der Waals surface area (Å²) in [5.41, 5.74) is 1.92. The normalized spacial score (nSPS) is 10.7. The fourth-order valence-corrected chi connectivity index (χ4v) is 2.86. The first-order valence-corrected chi connectivity index (χ1v) is 7.22. The Bertz CT molecular complexity index is 737. The second kappa shape index (κ2) is 5.56. The Morgan fingerprint density at radius 3 is 2.90 bits per heavy atom. The number of carbonyl (C=O) groups excluding carboxylic acids is 1. The van der Waals surface area contributed by atoms with E-state index in [9.17, 15) is 4.79 Å². The third-order valence-electron chi connectivity index (χ3n) is 2.88. The summed E-state index contributed by atoms with van der Waals surface area (Å²) in [6.07, 6.45) is 1.35. The van der Waals surface area contributed by atoms with Crippen LogP contribution in [-0.4, -0.2) is 21.3 Å². The molecule has 0 bridgehead atoms. The van der Waals surface area contributed by atoms with Gasteiger partial charge in [0.1, 0.15) is 5.69 Å². The highest BCUT2D eigenvalue weighted by molar-refractivity contribution is 7.09. The maximum Gasteiger partial charge on any atom is 0.172 e. The molecule has 1 aromatic carbocycles. The molecule has 0 aliphatic carbocycles. The van der Waals surface area contributed by atoms with Crippen LogP contribution in [0.3, 0.4) is 0 Å². The first-order valence-electron chi connectivity index (χ1n) is 5.96. The zero-order valence-corrected chi connectivity index (χ0v) is 11.9. The molecule has 0 radical (unpaired) electrons. The van der Waals surface area contributed by atoms with Gasteiger partial charge in [0.15, 0.2) is 6.29 Å². The largest absolute Gasteiger partial charge is 0.296 e. The lowest BCUT2D eigenvalue weighted by Crippen LogP contribution is -2.04. The van der Waals surface area contributed by atoms with E-state index in [1.165, 1.54) is 0 Å². The molecule has 0 N–H and O–H groups in total. The van der Waals surface area contributed by atoms with Gasteiger partial charge in [0, 0.05) is 16.3 Å². The highest BCUT2D eigenvalue weighted by Crippen LogP contribution is 2.20. The standard InChI is InChI=1S/C14H10ClN3OS/c15-10-3-1-4-11(7-10)18-14(13(9-19)16-17-18)8-12-5-2-6-20-12/h1-7,9H,8H2. The first-order chi connectivity index (χ1) is 9.78. The minimum atomic E-state index is 0.360. The van der Waals surface area contributed by atoms with E-state index in [0.717, 1.165) is 22.5 Å². The van der Waals surface area contributed by atoms with Crippen molar-refractivity contribution in [2.75, 3.05) is 0 Å². The summed E-state index contributed by atoms with van der Waals surface area (Å²) in [4.78, 5) is 12.3. The Morgan fingerprint density at radius 1 is 1.30 bits per heavy atom. The van der Waals surface area contributed by atoms with Crippen LogP contribution in [0, 0.1) is 0 Å². The topological polar surface area (TPSA) is 47.8 Å². The average Bonchev–Trinajstić information content (AvgIpc) is 3.08. The Kier molecular flexibility index (Phi) is 3.62. The van der Waals surface area contributed by atoms with Gasteiger partial charge in [-0.1, -0.05) is 28.9 Å². The van der Waals surface area contributed by atoms with E-state index >= 15 is 0 Å². The van der Waals surface area contributed by atoms with E-state index < -0.39 is 0 Å². The Morgan fingerprint density at radius 2 is 2.20 bits per heavy atom. The quantitative estimate of drug-likeness (QED) is 0.694. The van der Waals surface area contributed by atoms with E-state index in [1.54, 1.807) is 28.2 Å². The average molecular weight is 304 g/mol. The van der Waals surface area contributed by atoms with Crippen molar-refractivity contribution >= 4 is 29.2 Å². The molecule has 20 heavy (non-hydrogen) atoms. The summed E-state index contributed by atoms with van der Waals surface area (Å²) < 4.78 is 1.66. The lowest BCUT2D eigenvalue weighted by molar-refractivity contribution is 0.111.